The third-order valence-electron chi connectivity index (χ3n) is 6.49. The largest absolute Gasteiger partial charge is 0.504 e. The second-order valence-corrected chi connectivity index (χ2v) is 9.86. The van der Waals surface area contributed by atoms with E-state index >= 15 is 0 Å². The van der Waals surface area contributed by atoms with Gasteiger partial charge in [-0.25, -0.2) is 0 Å². The van der Waals surface area contributed by atoms with E-state index in [1.807, 2.05) is 45.0 Å². The first-order valence-corrected chi connectivity index (χ1v) is 11.7. The van der Waals surface area contributed by atoms with Crippen molar-refractivity contribution in [1.82, 2.24) is 5.32 Å². The highest BCUT2D eigenvalue weighted by Gasteiger charge is 2.42. The zero-order valence-electron chi connectivity index (χ0n) is 20.4. The number of para-hydroxylation sites is 1. The first kappa shape index (κ1) is 23.6. The summed E-state index contributed by atoms with van der Waals surface area (Å²) in [7, 11) is 0. The van der Waals surface area contributed by atoms with Gasteiger partial charge in [0.25, 0.3) is 5.91 Å². The van der Waals surface area contributed by atoms with Crippen LogP contribution in [0.25, 0.3) is 0 Å². The van der Waals surface area contributed by atoms with E-state index in [2.05, 4.69) is 24.5 Å². The summed E-state index contributed by atoms with van der Waals surface area (Å²) < 4.78 is 5.61. The molecule has 6 heteroatoms. The van der Waals surface area contributed by atoms with Crippen LogP contribution in [0.3, 0.4) is 0 Å². The lowest BCUT2D eigenvalue weighted by Crippen LogP contribution is -2.39. The Hall–Kier alpha value is -3.54. The van der Waals surface area contributed by atoms with Gasteiger partial charge in [-0.15, -0.1) is 0 Å². The molecule has 34 heavy (non-hydrogen) atoms. The summed E-state index contributed by atoms with van der Waals surface area (Å²) in [5.41, 5.74) is 4.93. The minimum atomic E-state index is -0.566. The van der Waals surface area contributed by atoms with Crippen molar-refractivity contribution in [3.63, 3.8) is 0 Å². The van der Waals surface area contributed by atoms with E-state index in [4.69, 9.17) is 4.74 Å². The molecule has 1 unspecified atom stereocenters. The summed E-state index contributed by atoms with van der Waals surface area (Å²) in [6, 6.07) is 12.7. The highest BCUT2D eigenvalue weighted by atomic mass is 16.5. The number of dihydropyridines is 1. The molecule has 3 N–H and O–H groups in total. The second kappa shape index (κ2) is 9.01. The Morgan fingerprint density at radius 2 is 1.91 bits per heavy atom. The van der Waals surface area contributed by atoms with Crippen molar-refractivity contribution >= 4 is 17.4 Å². The molecule has 1 heterocycles. The molecule has 1 aliphatic carbocycles. The number of ether oxygens (including phenoxy) is 1. The van der Waals surface area contributed by atoms with Crippen molar-refractivity contribution < 1.29 is 19.4 Å². The summed E-state index contributed by atoms with van der Waals surface area (Å²) in [5.74, 6) is -0.441. The Morgan fingerprint density at radius 1 is 1.18 bits per heavy atom. The summed E-state index contributed by atoms with van der Waals surface area (Å²) in [5, 5.41) is 16.7. The van der Waals surface area contributed by atoms with Gasteiger partial charge in [0.1, 0.15) is 0 Å². The zero-order valence-corrected chi connectivity index (χ0v) is 20.4. The number of phenolic OH excluding ortho intramolecular Hbond substituents is 1. The van der Waals surface area contributed by atoms with E-state index in [0.29, 0.717) is 42.0 Å². The Morgan fingerprint density at radius 3 is 2.62 bits per heavy atom. The highest BCUT2D eigenvalue weighted by molar-refractivity contribution is 6.10. The number of hydrogen-bond acceptors (Lipinski definition) is 5. The maximum Gasteiger partial charge on any atom is 0.254 e. The number of ketones is 1. The van der Waals surface area contributed by atoms with Crippen molar-refractivity contribution in [3.8, 4) is 11.5 Å². The molecule has 0 aromatic heterocycles. The van der Waals surface area contributed by atoms with E-state index in [-0.39, 0.29) is 22.9 Å². The van der Waals surface area contributed by atoms with Gasteiger partial charge in [-0.2, -0.15) is 0 Å². The van der Waals surface area contributed by atoms with Gasteiger partial charge in [-0.3, -0.25) is 9.59 Å². The number of hydrogen-bond donors (Lipinski definition) is 3. The Balaban J connectivity index is 1.85. The van der Waals surface area contributed by atoms with Crippen molar-refractivity contribution in [1.29, 1.82) is 0 Å². The third kappa shape index (κ3) is 4.45. The van der Waals surface area contributed by atoms with Crippen LogP contribution in [-0.2, 0) is 9.59 Å². The Bertz CT molecular complexity index is 1220. The molecule has 2 aromatic carbocycles. The maximum absolute atomic E-state index is 13.7. The van der Waals surface area contributed by atoms with Crippen LogP contribution in [0.2, 0.25) is 0 Å². The molecule has 4 rings (SSSR count). The minimum absolute atomic E-state index is 0.0245. The number of amides is 1. The predicted molar refractivity (Wildman–Crippen MR) is 133 cm³/mol. The number of phenols is 1. The van der Waals surface area contributed by atoms with Gasteiger partial charge in [-0.05, 0) is 61.9 Å². The molecular formula is C28H32N2O4. The van der Waals surface area contributed by atoms with Gasteiger partial charge in [0, 0.05) is 40.6 Å². The van der Waals surface area contributed by atoms with Crippen LogP contribution in [0, 0.1) is 12.3 Å². The van der Waals surface area contributed by atoms with Crippen LogP contribution in [0.1, 0.15) is 57.6 Å². The van der Waals surface area contributed by atoms with Crippen LogP contribution in [0.15, 0.2) is 65.0 Å². The van der Waals surface area contributed by atoms with Crippen molar-refractivity contribution in [2.24, 2.45) is 5.41 Å². The highest BCUT2D eigenvalue weighted by Crippen LogP contribution is 2.47. The van der Waals surface area contributed by atoms with Crippen LogP contribution in [0.4, 0.5) is 5.69 Å². The molecule has 0 radical (unpaired) electrons. The summed E-state index contributed by atoms with van der Waals surface area (Å²) in [6.45, 7) is 10.2. The molecule has 0 fully saturated rings. The van der Waals surface area contributed by atoms with Gasteiger partial charge in [0.05, 0.1) is 6.61 Å². The average molecular weight is 461 g/mol. The van der Waals surface area contributed by atoms with Crippen molar-refractivity contribution in [2.75, 3.05) is 11.9 Å². The number of anilines is 1. The monoisotopic (exact) mass is 460 g/mol. The predicted octanol–water partition coefficient (Wildman–Crippen LogP) is 5.34. The number of aryl methyl sites for hydroxylation is 1. The first-order valence-electron chi connectivity index (χ1n) is 11.7. The number of allylic oxidation sites excluding steroid dienone is 3. The fourth-order valence-electron chi connectivity index (χ4n) is 4.95. The number of rotatable bonds is 5. The SMILES string of the molecule is CCOc1cc(C2C(C(=O)Nc3ccccc3C)=C(C)NC3=C2C(=O)CC(C)(C)C3)ccc1O. The standard InChI is InChI=1S/C28H32N2O4/c1-6-34-23-13-18(11-12-21(23)31)25-24(27(33)30-19-10-8-7-9-16(19)2)17(3)29-20-14-28(4,5)15-22(32)26(20)25/h7-13,25,29,31H,6,14-15H2,1-5H3,(H,30,33). The van der Waals surface area contributed by atoms with Gasteiger partial charge in [0.15, 0.2) is 17.3 Å². The minimum Gasteiger partial charge on any atom is -0.504 e. The van der Waals surface area contributed by atoms with Crippen molar-refractivity contribution in [2.45, 2.75) is 53.4 Å². The molecule has 1 atom stereocenters. The third-order valence-corrected chi connectivity index (χ3v) is 6.49. The molecule has 1 amide bonds. The molecule has 6 nitrogen and oxygen atoms in total. The van der Waals surface area contributed by atoms with Crippen LogP contribution >= 0.6 is 0 Å². The second-order valence-electron chi connectivity index (χ2n) is 9.86. The lowest BCUT2D eigenvalue weighted by molar-refractivity contribution is -0.118. The fourth-order valence-corrected chi connectivity index (χ4v) is 4.95. The van der Waals surface area contributed by atoms with Crippen LogP contribution in [-0.4, -0.2) is 23.4 Å². The lowest BCUT2D eigenvalue weighted by Gasteiger charge is -2.39. The van der Waals surface area contributed by atoms with Crippen molar-refractivity contribution in [3.05, 3.63) is 76.1 Å². The zero-order chi connectivity index (χ0) is 24.6. The molecule has 0 spiro atoms. The molecule has 178 valence electrons. The number of carbonyl (C=O) groups excluding carboxylic acids is 2. The van der Waals surface area contributed by atoms with Gasteiger partial charge >= 0.3 is 0 Å². The first-order chi connectivity index (χ1) is 16.1. The molecular weight excluding hydrogens is 428 g/mol. The van der Waals surface area contributed by atoms with E-state index < -0.39 is 5.92 Å². The number of benzene rings is 2. The van der Waals surface area contributed by atoms with Gasteiger partial charge in [0.2, 0.25) is 0 Å². The van der Waals surface area contributed by atoms with E-state index in [0.717, 1.165) is 22.5 Å². The van der Waals surface area contributed by atoms with Crippen LogP contribution < -0.4 is 15.4 Å². The smallest absolute Gasteiger partial charge is 0.254 e. The molecule has 2 aliphatic rings. The molecule has 2 aromatic rings. The molecule has 0 saturated carbocycles. The van der Waals surface area contributed by atoms with E-state index in [1.165, 1.54) is 0 Å². The van der Waals surface area contributed by atoms with Crippen LogP contribution in [0.5, 0.6) is 11.5 Å². The summed E-state index contributed by atoms with van der Waals surface area (Å²) >= 11 is 0. The number of Topliss-reactive ketones (excluding diaryl/α,β-unsaturated/α-hetero) is 1. The Labute approximate surface area is 200 Å². The normalized spacial score (nSPS) is 19.4. The van der Waals surface area contributed by atoms with E-state index in [1.54, 1.807) is 18.2 Å². The number of aromatic hydroxyl groups is 1. The summed E-state index contributed by atoms with van der Waals surface area (Å²) in [6.07, 6.45) is 1.12. The fraction of sp³-hybridized carbons (Fsp3) is 0.357. The lowest BCUT2D eigenvalue weighted by atomic mass is 9.68. The topological polar surface area (TPSA) is 87.7 Å². The Kier molecular flexibility index (Phi) is 6.26. The quantitative estimate of drug-likeness (QED) is 0.560. The summed E-state index contributed by atoms with van der Waals surface area (Å²) in [4.78, 5) is 27.1. The number of carbonyl (C=O) groups is 2. The van der Waals surface area contributed by atoms with Gasteiger partial charge in [-0.1, -0.05) is 38.1 Å². The average Bonchev–Trinajstić information content (AvgIpc) is 2.75. The maximum atomic E-state index is 13.7. The number of nitrogens with one attached hydrogen (secondary N) is 2. The molecule has 0 bridgehead atoms. The van der Waals surface area contributed by atoms with Gasteiger partial charge < -0.3 is 20.5 Å². The molecule has 0 saturated heterocycles. The van der Waals surface area contributed by atoms with E-state index in [9.17, 15) is 14.7 Å². The molecule has 1 aliphatic heterocycles.